The SMILES string of the molecule is Cc1cc(C#N)ccc1CN(C)C1CC2CCC(C1)N2. The molecule has 1 aromatic rings. The average Bonchev–Trinajstić information content (AvgIpc) is 2.79. The molecule has 2 heterocycles. The molecule has 20 heavy (non-hydrogen) atoms. The quantitative estimate of drug-likeness (QED) is 0.916. The van der Waals surface area contributed by atoms with Crippen LogP contribution in [0.4, 0.5) is 0 Å². The van der Waals surface area contributed by atoms with Gasteiger partial charge in [0.15, 0.2) is 0 Å². The number of benzene rings is 1. The molecular formula is C17H23N3. The Morgan fingerprint density at radius 2 is 2.00 bits per heavy atom. The summed E-state index contributed by atoms with van der Waals surface area (Å²) in [5, 5.41) is 12.6. The van der Waals surface area contributed by atoms with E-state index in [0.717, 1.165) is 24.2 Å². The van der Waals surface area contributed by atoms with E-state index in [-0.39, 0.29) is 0 Å². The minimum atomic E-state index is 0.698. The Morgan fingerprint density at radius 1 is 1.30 bits per heavy atom. The number of hydrogen-bond donors (Lipinski definition) is 1. The molecule has 3 heteroatoms. The van der Waals surface area contributed by atoms with Crippen LogP contribution in [0.1, 0.15) is 42.4 Å². The summed E-state index contributed by atoms with van der Waals surface area (Å²) >= 11 is 0. The molecule has 2 saturated heterocycles. The number of fused-ring (bicyclic) bond motifs is 2. The minimum absolute atomic E-state index is 0.698. The van der Waals surface area contributed by atoms with Gasteiger partial charge >= 0.3 is 0 Å². The molecule has 2 unspecified atom stereocenters. The van der Waals surface area contributed by atoms with Gasteiger partial charge in [-0.2, -0.15) is 5.26 Å². The van der Waals surface area contributed by atoms with Gasteiger partial charge in [-0.15, -0.1) is 0 Å². The second-order valence-corrected chi connectivity index (χ2v) is 6.43. The summed E-state index contributed by atoms with van der Waals surface area (Å²) in [6.45, 7) is 3.10. The number of nitrogens with one attached hydrogen (secondary N) is 1. The highest BCUT2D eigenvalue weighted by molar-refractivity contribution is 5.37. The molecule has 0 spiro atoms. The predicted molar refractivity (Wildman–Crippen MR) is 80.3 cm³/mol. The average molecular weight is 269 g/mol. The normalized spacial score (nSPS) is 28.6. The standard InChI is InChI=1S/C17H23N3/c1-12-7-13(10-18)3-4-14(12)11-20(2)17-8-15-5-6-16(9-17)19-15/h3-4,7,15-17,19H,5-6,8-9,11H2,1-2H3. The first-order chi connectivity index (χ1) is 9.65. The highest BCUT2D eigenvalue weighted by Crippen LogP contribution is 2.30. The molecule has 0 radical (unpaired) electrons. The number of nitrogens with zero attached hydrogens (tertiary/aromatic N) is 2. The maximum absolute atomic E-state index is 8.94. The summed E-state index contributed by atoms with van der Waals surface area (Å²) in [4.78, 5) is 2.50. The van der Waals surface area contributed by atoms with Gasteiger partial charge < -0.3 is 5.32 Å². The zero-order chi connectivity index (χ0) is 14.1. The van der Waals surface area contributed by atoms with Gasteiger partial charge in [-0.1, -0.05) is 6.07 Å². The molecule has 1 aromatic carbocycles. The third-order valence-electron chi connectivity index (χ3n) is 4.96. The first kappa shape index (κ1) is 13.6. The fourth-order valence-corrected chi connectivity index (χ4v) is 3.73. The maximum Gasteiger partial charge on any atom is 0.0991 e. The molecule has 2 bridgehead atoms. The Hall–Kier alpha value is -1.37. The second-order valence-electron chi connectivity index (χ2n) is 6.43. The molecule has 1 N–H and O–H groups in total. The van der Waals surface area contributed by atoms with E-state index in [0.29, 0.717) is 6.04 Å². The number of nitriles is 1. The van der Waals surface area contributed by atoms with Gasteiger partial charge in [-0.25, -0.2) is 0 Å². The first-order valence-corrected chi connectivity index (χ1v) is 7.61. The Morgan fingerprint density at radius 3 is 2.60 bits per heavy atom. The largest absolute Gasteiger partial charge is 0.311 e. The van der Waals surface area contributed by atoms with Gasteiger partial charge in [0.2, 0.25) is 0 Å². The molecule has 0 saturated carbocycles. The van der Waals surface area contributed by atoms with Gasteiger partial charge in [-0.3, -0.25) is 4.90 Å². The first-order valence-electron chi connectivity index (χ1n) is 7.61. The summed E-state index contributed by atoms with van der Waals surface area (Å²) in [5.41, 5.74) is 3.33. The van der Waals surface area contributed by atoms with Crippen LogP contribution in [0.25, 0.3) is 0 Å². The minimum Gasteiger partial charge on any atom is -0.311 e. The van der Waals surface area contributed by atoms with Crippen LogP contribution >= 0.6 is 0 Å². The fraction of sp³-hybridized carbons (Fsp3) is 0.588. The maximum atomic E-state index is 8.94. The Kier molecular flexibility index (Phi) is 3.78. The van der Waals surface area contributed by atoms with Crippen molar-refractivity contribution in [1.82, 2.24) is 10.2 Å². The van der Waals surface area contributed by atoms with Crippen LogP contribution in [0.5, 0.6) is 0 Å². The molecule has 0 amide bonds. The lowest BCUT2D eigenvalue weighted by atomic mass is 9.97. The lowest BCUT2D eigenvalue weighted by Crippen LogP contribution is -2.46. The van der Waals surface area contributed by atoms with E-state index < -0.39 is 0 Å². The molecule has 2 fully saturated rings. The van der Waals surface area contributed by atoms with E-state index in [9.17, 15) is 0 Å². The lowest BCUT2D eigenvalue weighted by Gasteiger charge is -2.35. The van der Waals surface area contributed by atoms with E-state index >= 15 is 0 Å². The van der Waals surface area contributed by atoms with E-state index in [1.165, 1.54) is 36.8 Å². The monoisotopic (exact) mass is 269 g/mol. The van der Waals surface area contributed by atoms with Gasteiger partial charge in [0, 0.05) is 24.7 Å². The molecule has 2 aliphatic heterocycles. The second kappa shape index (κ2) is 5.55. The van der Waals surface area contributed by atoms with Crippen LogP contribution < -0.4 is 5.32 Å². The van der Waals surface area contributed by atoms with Crippen molar-refractivity contribution in [2.75, 3.05) is 7.05 Å². The zero-order valence-electron chi connectivity index (χ0n) is 12.4. The Balaban J connectivity index is 1.67. The third kappa shape index (κ3) is 2.72. The topological polar surface area (TPSA) is 39.1 Å². The van der Waals surface area contributed by atoms with Crippen molar-refractivity contribution >= 4 is 0 Å². The molecule has 0 aromatic heterocycles. The van der Waals surface area contributed by atoms with Crippen LogP contribution in [-0.4, -0.2) is 30.1 Å². The summed E-state index contributed by atoms with van der Waals surface area (Å²) < 4.78 is 0. The number of piperidine rings is 1. The number of hydrogen-bond acceptors (Lipinski definition) is 3. The molecule has 2 atom stereocenters. The highest BCUT2D eigenvalue weighted by Gasteiger charge is 2.34. The Bertz CT molecular complexity index is 520. The van der Waals surface area contributed by atoms with Crippen LogP contribution in [0.2, 0.25) is 0 Å². The zero-order valence-corrected chi connectivity index (χ0v) is 12.4. The van der Waals surface area contributed by atoms with Crippen molar-refractivity contribution in [3.05, 3.63) is 34.9 Å². The third-order valence-corrected chi connectivity index (χ3v) is 4.96. The van der Waals surface area contributed by atoms with Gasteiger partial charge in [0.1, 0.15) is 0 Å². The van der Waals surface area contributed by atoms with Crippen LogP contribution in [0.3, 0.4) is 0 Å². The van der Waals surface area contributed by atoms with Crippen molar-refractivity contribution in [2.45, 2.75) is 57.3 Å². The highest BCUT2D eigenvalue weighted by atomic mass is 15.2. The smallest absolute Gasteiger partial charge is 0.0991 e. The summed E-state index contributed by atoms with van der Waals surface area (Å²) in [5.74, 6) is 0. The van der Waals surface area contributed by atoms with E-state index in [1.807, 2.05) is 12.1 Å². The van der Waals surface area contributed by atoms with Crippen LogP contribution in [-0.2, 0) is 6.54 Å². The fourth-order valence-electron chi connectivity index (χ4n) is 3.73. The summed E-state index contributed by atoms with van der Waals surface area (Å²) in [6, 6.07) is 10.4. The van der Waals surface area contributed by atoms with E-state index in [2.05, 4.69) is 36.3 Å². The molecule has 106 valence electrons. The molecule has 0 aliphatic carbocycles. The predicted octanol–water partition coefficient (Wildman–Crippen LogP) is 2.58. The van der Waals surface area contributed by atoms with Crippen molar-refractivity contribution in [3.63, 3.8) is 0 Å². The van der Waals surface area contributed by atoms with Gasteiger partial charge in [0.25, 0.3) is 0 Å². The van der Waals surface area contributed by atoms with Crippen molar-refractivity contribution in [1.29, 1.82) is 5.26 Å². The van der Waals surface area contributed by atoms with Gasteiger partial charge in [-0.05, 0) is 62.9 Å². The van der Waals surface area contributed by atoms with E-state index in [4.69, 9.17) is 5.26 Å². The number of aryl methyl sites for hydroxylation is 1. The lowest BCUT2D eigenvalue weighted by molar-refractivity contribution is 0.165. The number of rotatable bonds is 3. The summed E-state index contributed by atoms with van der Waals surface area (Å²) in [7, 11) is 2.24. The van der Waals surface area contributed by atoms with Gasteiger partial charge in [0.05, 0.1) is 11.6 Å². The molecule has 3 rings (SSSR count). The molecule has 2 aliphatic rings. The Labute approximate surface area is 121 Å². The molecule has 3 nitrogen and oxygen atoms in total. The van der Waals surface area contributed by atoms with Crippen molar-refractivity contribution < 1.29 is 0 Å². The van der Waals surface area contributed by atoms with E-state index in [1.54, 1.807) is 0 Å². The van der Waals surface area contributed by atoms with Crippen LogP contribution in [0, 0.1) is 18.3 Å². The van der Waals surface area contributed by atoms with Crippen molar-refractivity contribution in [3.8, 4) is 6.07 Å². The molecular weight excluding hydrogens is 246 g/mol. The van der Waals surface area contributed by atoms with Crippen LogP contribution in [0.15, 0.2) is 18.2 Å². The van der Waals surface area contributed by atoms with Crippen molar-refractivity contribution in [2.24, 2.45) is 0 Å². The summed E-state index contributed by atoms with van der Waals surface area (Å²) in [6.07, 6.45) is 5.26.